The summed E-state index contributed by atoms with van der Waals surface area (Å²) >= 11 is 0. The highest BCUT2D eigenvalue weighted by Crippen LogP contribution is 2.20. The summed E-state index contributed by atoms with van der Waals surface area (Å²) < 4.78 is 24.1. The van der Waals surface area contributed by atoms with Crippen LogP contribution in [0.2, 0.25) is 0 Å². The van der Waals surface area contributed by atoms with Gasteiger partial charge in [-0.25, -0.2) is 9.18 Å². The fourth-order valence-corrected chi connectivity index (χ4v) is 4.06. The Hall–Kier alpha value is -4.38. The highest BCUT2D eigenvalue weighted by Gasteiger charge is 2.23. The molecule has 0 spiro atoms. The number of anilines is 3. The van der Waals surface area contributed by atoms with E-state index in [0.717, 1.165) is 5.69 Å². The number of halogens is 1. The predicted molar refractivity (Wildman–Crippen MR) is 141 cm³/mol. The third kappa shape index (κ3) is 6.88. The molecule has 1 aliphatic rings. The van der Waals surface area contributed by atoms with Gasteiger partial charge in [0.1, 0.15) is 12.4 Å². The average Bonchev–Trinajstić information content (AvgIpc) is 3.48. The zero-order valence-electron chi connectivity index (χ0n) is 21.1. The molecular formula is C27H30FN5O5. The van der Waals surface area contributed by atoms with E-state index >= 15 is 0 Å². The topological polar surface area (TPSA) is 107 Å². The second-order valence-electron chi connectivity index (χ2n) is 8.68. The van der Waals surface area contributed by atoms with Crippen molar-refractivity contribution in [2.24, 2.45) is 0 Å². The summed E-state index contributed by atoms with van der Waals surface area (Å²) in [5.41, 5.74) is 1.70. The van der Waals surface area contributed by atoms with Gasteiger partial charge < -0.3 is 34.5 Å². The second kappa shape index (κ2) is 12.7. The van der Waals surface area contributed by atoms with Crippen LogP contribution >= 0.6 is 0 Å². The number of amides is 4. The van der Waals surface area contributed by atoms with E-state index < -0.39 is 5.82 Å². The lowest BCUT2D eigenvalue weighted by Crippen LogP contribution is -2.50. The number of urea groups is 1. The van der Waals surface area contributed by atoms with Gasteiger partial charge >= 0.3 is 6.03 Å². The van der Waals surface area contributed by atoms with Gasteiger partial charge in [0.15, 0.2) is 5.76 Å². The van der Waals surface area contributed by atoms with Crippen LogP contribution in [0.25, 0.3) is 0 Å². The zero-order chi connectivity index (χ0) is 26.9. The van der Waals surface area contributed by atoms with Gasteiger partial charge in [0.05, 0.1) is 18.6 Å². The molecule has 11 heteroatoms. The van der Waals surface area contributed by atoms with E-state index in [4.69, 9.17) is 9.15 Å². The molecule has 4 amide bonds. The van der Waals surface area contributed by atoms with Crippen molar-refractivity contribution in [3.05, 3.63) is 78.5 Å². The van der Waals surface area contributed by atoms with E-state index in [0.29, 0.717) is 31.9 Å². The molecule has 0 aliphatic carbocycles. The standard InChI is InChI=1S/C27H30FN5O5/c1-37-18-16-33(26(35)24-7-4-17-38-24)19-25(34)29-20-8-10-21(11-9-20)31-12-14-32(15-13-31)27(36)30-23-6-3-2-5-22(23)28/h2-11,17H,12-16,18-19H2,1H3,(H,29,34)(H,30,36). The molecule has 1 saturated heterocycles. The fourth-order valence-electron chi connectivity index (χ4n) is 4.06. The van der Waals surface area contributed by atoms with Crippen LogP contribution in [-0.4, -0.2) is 80.6 Å². The molecule has 1 aromatic heterocycles. The van der Waals surface area contributed by atoms with E-state index in [1.807, 2.05) is 12.1 Å². The summed E-state index contributed by atoms with van der Waals surface area (Å²) in [5, 5.41) is 5.43. The maximum absolute atomic E-state index is 13.8. The van der Waals surface area contributed by atoms with Crippen LogP contribution in [0.15, 0.2) is 71.3 Å². The summed E-state index contributed by atoms with van der Waals surface area (Å²) in [6, 6.07) is 16.3. The number of ether oxygens (including phenoxy) is 1. The highest BCUT2D eigenvalue weighted by atomic mass is 19.1. The second-order valence-corrected chi connectivity index (χ2v) is 8.68. The van der Waals surface area contributed by atoms with Crippen molar-refractivity contribution >= 4 is 34.9 Å². The molecule has 2 aromatic carbocycles. The minimum Gasteiger partial charge on any atom is -0.459 e. The number of hydrogen-bond acceptors (Lipinski definition) is 6. The van der Waals surface area contributed by atoms with E-state index in [1.54, 1.807) is 41.3 Å². The Morgan fingerprint density at radius 2 is 1.71 bits per heavy atom. The third-order valence-electron chi connectivity index (χ3n) is 6.12. The fraction of sp³-hybridized carbons (Fsp3) is 0.296. The lowest BCUT2D eigenvalue weighted by atomic mass is 10.2. The predicted octanol–water partition coefficient (Wildman–Crippen LogP) is 3.50. The first kappa shape index (κ1) is 26.7. The van der Waals surface area contributed by atoms with Crippen molar-refractivity contribution in [1.29, 1.82) is 0 Å². The highest BCUT2D eigenvalue weighted by molar-refractivity contribution is 5.98. The summed E-state index contributed by atoms with van der Waals surface area (Å²) in [6.45, 7) is 2.57. The van der Waals surface area contributed by atoms with E-state index in [9.17, 15) is 18.8 Å². The van der Waals surface area contributed by atoms with Crippen molar-refractivity contribution in [3.63, 3.8) is 0 Å². The molecule has 200 valence electrons. The Labute approximate surface area is 219 Å². The van der Waals surface area contributed by atoms with Crippen LogP contribution in [0.3, 0.4) is 0 Å². The van der Waals surface area contributed by atoms with Crippen molar-refractivity contribution < 1.29 is 27.9 Å². The number of carbonyl (C=O) groups is 3. The number of hydrogen-bond donors (Lipinski definition) is 2. The maximum atomic E-state index is 13.8. The molecule has 0 radical (unpaired) electrons. The van der Waals surface area contributed by atoms with Gasteiger partial charge in [-0.1, -0.05) is 12.1 Å². The van der Waals surface area contributed by atoms with Gasteiger partial charge in [-0.15, -0.1) is 0 Å². The summed E-state index contributed by atoms with van der Waals surface area (Å²) in [7, 11) is 1.53. The van der Waals surface area contributed by atoms with Crippen molar-refractivity contribution in [2.75, 3.05) is 68.5 Å². The Bertz CT molecular complexity index is 1230. The quantitative estimate of drug-likeness (QED) is 0.445. The zero-order valence-corrected chi connectivity index (χ0v) is 21.1. The lowest BCUT2D eigenvalue weighted by Gasteiger charge is -2.36. The Kier molecular flexibility index (Phi) is 8.94. The third-order valence-corrected chi connectivity index (χ3v) is 6.12. The van der Waals surface area contributed by atoms with Crippen LogP contribution in [0.4, 0.5) is 26.2 Å². The monoisotopic (exact) mass is 523 g/mol. The average molecular weight is 524 g/mol. The minimum atomic E-state index is -0.474. The normalized spacial score (nSPS) is 13.2. The number of benzene rings is 2. The lowest BCUT2D eigenvalue weighted by molar-refractivity contribution is -0.117. The van der Waals surface area contributed by atoms with Crippen LogP contribution in [0.5, 0.6) is 0 Å². The molecule has 4 rings (SSSR count). The Balaban J connectivity index is 1.27. The first-order chi connectivity index (χ1) is 18.4. The molecule has 0 bridgehead atoms. The van der Waals surface area contributed by atoms with Gasteiger partial charge in [-0.2, -0.15) is 0 Å². The molecular weight excluding hydrogens is 493 g/mol. The molecule has 0 unspecified atom stereocenters. The number of furan rings is 1. The first-order valence-corrected chi connectivity index (χ1v) is 12.2. The van der Waals surface area contributed by atoms with E-state index in [2.05, 4.69) is 15.5 Å². The molecule has 0 saturated carbocycles. The van der Waals surface area contributed by atoms with Gasteiger partial charge in [-0.05, 0) is 48.5 Å². The number of nitrogens with zero attached hydrogens (tertiary/aromatic N) is 3. The van der Waals surface area contributed by atoms with Gasteiger partial charge in [-0.3, -0.25) is 9.59 Å². The Morgan fingerprint density at radius 1 is 0.974 bits per heavy atom. The van der Waals surface area contributed by atoms with Crippen molar-refractivity contribution in [2.45, 2.75) is 0 Å². The van der Waals surface area contributed by atoms with Crippen LogP contribution < -0.4 is 15.5 Å². The number of nitrogens with one attached hydrogen (secondary N) is 2. The molecule has 2 N–H and O–H groups in total. The first-order valence-electron chi connectivity index (χ1n) is 12.2. The number of piperazine rings is 1. The SMILES string of the molecule is COCCN(CC(=O)Nc1ccc(N2CCN(C(=O)Nc3ccccc3F)CC2)cc1)C(=O)c1ccco1. The summed E-state index contributed by atoms with van der Waals surface area (Å²) in [5.74, 6) is -1.05. The summed E-state index contributed by atoms with van der Waals surface area (Å²) in [6.07, 6.45) is 1.41. The molecule has 10 nitrogen and oxygen atoms in total. The van der Waals surface area contributed by atoms with Gasteiger partial charge in [0, 0.05) is 51.2 Å². The molecule has 2 heterocycles. The maximum Gasteiger partial charge on any atom is 0.322 e. The van der Waals surface area contributed by atoms with Gasteiger partial charge in [0.25, 0.3) is 5.91 Å². The van der Waals surface area contributed by atoms with Crippen LogP contribution in [0, 0.1) is 5.82 Å². The number of rotatable bonds is 9. The van der Waals surface area contributed by atoms with Crippen molar-refractivity contribution in [1.82, 2.24) is 9.80 Å². The molecule has 3 aromatic rings. The van der Waals surface area contributed by atoms with Crippen molar-refractivity contribution in [3.8, 4) is 0 Å². The number of methoxy groups -OCH3 is 1. The molecule has 0 atom stereocenters. The van der Waals surface area contributed by atoms with Crippen LogP contribution in [0.1, 0.15) is 10.6 Å². The van der Waals surface area contributed by atoms with Crippen LogP contribution in [-0.2, 0) is 9.53 Å². The smallest absolute Gasteiger partial charge is 0.322 e. The number of para-hydroxylation sites is 1. The van der Waals surface area contributed by atoms with E-state index in [1.165, 1.54) is 30.4 Å². The Morgan fingerprint density at radius 3 is 2.37 bits per heavy atom. The van der Waals surface area contributed by atoms with E-state index in [-0.39, 0.29) is 49.0 Å². The number of carbonyl (C=O) groups excluding carboxylic acids is 3. The van der Waals surface area contributed by atoms with Gasteiger partial charge in [0.2, 0.25) is 5.91 Å². The largest absolute Gasteiger partial charge is 0.459 e. The summed E-state index contributed by atoms with van der Waals surface area (Å²) in [4.78, 5) is 42.9. The molecule has 38 heavy (non-hydrogen) atoms. The minimum absolute atomic E-state index is 0.151. The molecule has 1 fully saturated rings. The molecule has 1 aliphatic heterocycles.